The van der Waals surface area contributed by atoms with Crippen molar-refractivity contribution in [3.05, 3.63) is 11.1 Å². The van der Waals surface area contributed by atoms with Crippen LogP contribution in [0.5, 0.6) is 0 Å². The summed E-state index contributed by atoms with van der Waals surface area (Å²) in [5.41, 5.74) is 1.16. The van der Waals surface area contributed by atoms with E-state index in [-0.39, 0.29) is 0 Å². The van der Waals surface area contributed by atoms with Gasteiger partial charge >= 0.3 is 0 Å². The van der Waals surface area contributed by atoms with Crippen LogP contribution in [0.4, 0.5) is 5.13 Å². The standard InChI is InChI=1S/C12H23N3S/c1-5-10(4)13-8-11-9-16-12(14-11)15(6-2)7-3/h9-10,13H,5-8H2,1-4H3. The first kappa shape index (κ1) is 13.5. The Hall–Kier alpha value is -0.610. The molecule has 1 heterocycles. The average Bonchev–Trinajstić information content (AvgIpc) is 2.76. The summed E-state index contributed by atoms with van der Waals surface area (Å²) in [6.07, 6.45) is 1.16. The lowest BCUT2D eigenvalue weighted by molar-refractivity contribution is 0.530. The molecule has 16 heavy (non-hydrogen) atoms. The molecule has 92 valence electrons. The summed E-state index contributed by atoms with van der Waals surface area (Å²) in [5, 5.41) is 6.76. The third-order valence-electron chi connectivity index (χ3n) is 2.82. The van der Waals surface area contributed by atoms with E-state index < -0.39 is 0 Å². The van der Waals surface area contributed by atoms with Gasteiger partial charge in [0, 0.05) is 31.1 Å². The minimum atomic E-state index is 0.568. The van der Waals surface area contributed by atoms with E-state index in [0.717, 1.165) is 36.9 Å². The van der Waals surface area contributed by atoms with Crippen LogP contribution in [0.15, 0.2) is 5.38 Å². The zero-order valence-electron chi connectivity index (χ0n) is 10.8. The van der Waals surface area contributed by atoms with Crippen molar-refractivity contribution in [2.24, 2.45) is 0 Å². The van der Waals surface area contributed by atoms with Crippen molar-refractivity contribution in [2.45, 2.75) is 46.7 Å². The molecule has 0 aliphatic carbocycles. The van der Waals surface area contributed by atoms with Crippen LogP contribution >= 0.6 is 11.3 Å². The molecule has 1 atom stereocenters. The molecular weight excluding hydrogens is 218 g/mol. The largest absolute Gasteiger partial charge is 0.349 e. The van der Waals surface area contributed by atoms with E-state index in [1.54, 1.807) is 11.3 Å². The Morgan fingerprint density at radius 3 is 2.62 bits per heavy atom. The van der Waals surface area contributed by atoms with Gasteiger partial charge in [-0.2, -0.15) is 0 Å². The quantitative estimate of drug-likeness (QED) is 0.795. The van der Waals surface area contributed by atoms with Gasteiger partial charge in [0.15, 0.2) is 5.13 Å². The van der Waals surface area contributed by atoms with E-state index in [4.69, 9.17) is 0 Å². The summed E-state index contributed by atoms with van der Waals surface area (Å²) < 4.78 is 0. The minimum absolute atomic E-state index is 0.568. The maximum atomic E-state index is 4.64. The van der Waals surface area contributed by atoms with Gasteiger partial charge in [-0.3, -0.25) is 0 Å². The monoisotopic (exact) mass is 241 g/mol. The highest BCUT2D eigenvalue weighted by molar-refractivity contribution is 7.13. The van der Waals surface area contributed by atoms with Crippen LogP contribution in [0, 0.1) is 0 Å². The maximum Gasteiger partial charge on any atom is 0.185 e. The van der Waals surface area contributed by atoms with Gasteiger partial charge in [0.2, 0.25) is 0 Å². The predicted octanol–water partition coefficient (Wildman–Crippen LogP) is 2.88. The zero-order valence-corrected chi connectivity index (χ0v) is 11.6. The fourth-order valence-electron chi connectivity index (χ4n) is 1.44. The summed E-state index contributed by atoms with van der Waals surface area (Å²) in [6, 6.07) is 0.568. The maximum absolute atomic E-state index is 4.64. The third-order valence-corrected chi connectivity index (χ3v) is 3.77. The second-order valence-corrected chi connectivity index (χ2v) is 4.82. The molecule has 1 rings (SSSR count). The zero-order chi connectivity index (χ0) is 12.0. The molecule has 1 aromatic heterocycles. The minimum Gasteiger partial charge on any atom is -0.349 e. The summed E-state index contributed by atoms with van der Waals surface area (Å²) in [4.78, 5) is 6.93. The summed E-state index contributed by atoms with van der Waals surface area (Å²) >= 11 is 1.74. The number of anilines is 1. The van der Waals surface area contributed by atoms with Crippen LogP contribution in [-0.4, -0.2) is 24.1 Å². The summed E-state index contributed by atoms with van der Waals surface area (Å²) in [6.45, 7) is 11.7. The number of hydrogen-bond acceptors (Lipinski definition) is 4. The van der Waals surface area contributed by atoms with Crippen molar-refractivity contribution in [1.29, 1.82) is 0 Å². The third kappa shape index (κ3) is 3.76. The first-order valence-electron chi connectivity index (χ1n) is 6.13. The number of nitrogens with one attached hydrogen (secondary N) is 1. The normalized spacial score (nSPS) is 12.8. The molecular formula is C12H23N3S. The average molecular weight is 241 g/mol. The molecule has 0 spiro atoms. The van der Waals surface area contributed by atoms with Crippen molar-refractivity contribution >= 4 is 16.5 Å². The second kappa shape index (κ2) is 6.86. The molecule has 0 aliphatic heterocycles. The first-order valence-corrected chi connectivity index (χ1v) is 7.01. The van der Waals surface area contributed by atoms with Gasteiger partial charge in [-0.05, 0) is 27.2 Å². The Balaban J connectivity index is 2.51. The van der Waals surface area contributed by atoms with Gasteiger partial charge in [-0.25, -0.2) is 4.98 Å². The van der Waals surface area contributed by atoms with Crippen LogP contribution in [0.3, 0.4) is 0 Å². The molecule has 0 aromatic carbocycles. The van der Waals surface area contributed by atoms with Crippen LogP contribution < -0.4 is 10.2 Å². The lowest BCUT2D eigenvalue weighted by atomic mass is 10.2. The molecule has 3 nitrogen and oxygen atoms in total. The van der Waals surface area contributed by atoms with Crippen LogP contribution in [-0.2, 0) is 6.54 Å². The Kier molecular flexibility index (Phi) is 5.77. The topological polar surface area (TPSA) is 28.2 Å². The van der Waals surface area contributed by atoms with Crippen molar-refractivity contribution < 1.29 is 0 Å². The highest BCUT2D eigenvalue weighted by Gasteiger charge is 2.07. The van der Waals surface area contributed by atoms with E-state index in [2.05, 4.69) is 48.3 Å². The molecule has 0 bridgehead atoms. The summed E-state index contributed by atoms with van der Waals surface area (Å²) in [5.74, 6) is 0. The fourth-order valence-corrected chi connectivity index (χ4v) is 2.39. The second-order valence-electron chi connectivity index (χ2n) is 3.98. The van der Waals surface area contributed by atoms with Crippen LogP contribution in [0.2, 0.25) is 0 Å². The van der Waals surface area contributed by atoms with Crippen molar-refractivity contribution in [3.63, 3.8) is 0 Å². The highest BCUT2D eigenvalue weighted by Crippen LogP contribution is 2.20. The van der Waals surface area contributed by atoms with Crippen LogP contribution in [0.1, 0.15) is 39.8 Å². The lowest BCUT2D eigenvalue weighted by Gasteiger charge is -2.16. The number of nitrogens with zero attached hydrogens (tertiary/aromatic N) is 2. The smallest absolute Gasteiger partial charge is 0.185 e. The molecule has 1 aromatic rings. The van der Waals surface area contributed by atoms with E-state index in [9.17, 15) is 0 Å². The first-order chi connectivity index (χ1) is 7.71. The van der Waals surface area contributed by atoms with Gasteiger partial charge < -0.3 is 10.2 Å². The Morgan fingerprint density at radius 2 is 2.06 bits per heavy atom. The highest BCUT2D eigenvalue weighted by atomic mass is 32.1. The molecule has 1 N–H and O–H groups in total. The van der Waals surface area contributed by atoms with Gasteiger partial charge in [0.05, 0.1) is 5.69 Å². The van der Waals surface area contributed by atoms with Crippen molar-refractivity contribution in [3.8, 4) is 0 Å². The van der Waals surface area contributed by atoms with E-state index in [0.29, 0.717) is 6.04 Å². The SMILES string of the molecule is CCC(C)NCc1csc(N(CC)CC)n1. The van der Waals surface area contributed by atoms with Crippen molar-refractivity contribution in [1.82, 2.24) is 10.3 Å². The molecule has 0 radical (unpaired) electrons. The number of rotatable bonds is 7. The lowest BCUT2D eigenvalue weighted by Crippen LogP contribution is -2.25. The van der Waals surface area contributed by atoms with Crippen LogP contribution in [0.25, 0.3) is 0 Å². The molecule has 4 heteroatoms. The van der Waals surface area contributed by atoms with Crippen molar-refractivity contribution in [2.75, 3.05) is 18.0 Å². The van der Waals surface area contributed by atoms with Gasteiger partial charge in [0.25, 0.3) is 0 Å². The Morgan fingerprint density at radius 1 is 1.38 bits per heavy atom. The fraction of sp³-hybridized carbons (Fsp3) is 0.750. The molecule has 1 unspecified atom stereocenters. The van der Waals surface area contributed by atoms with E-state index in [1.807, 2.05) is 0 Å². The number of thiazole rings is 1. The van der Waals surface area contributed by atoms with Gasteiger partial charge in [0.1, 0.15) is 0 Å². The van der Waals surface area contributed by atoms with Gasteiger partial charge in [-0.15, -0.1) is 11.3 Å². The molecule has 0 aliphatic rings. The summed E-state index contributed by atoms with van der Waals surface area (Å²) in [7, 11) is 0. The number of aromatic nitrogens is 1. The molecule has 0 amide bonds. The van der Waals surface area contributed by atoms with E-state index in [1.165, 1.54) is 0 Å². The molecule has 0 saturated carbocycles. The predicted molar refractivity (Wildman–Crippen MR) is 72.3 cm³/mol. The van der Waals surface area contributed by atoms with E-state index >= 15 is 0 Å². The molecule has 0 fully saturated rings. The Labute approximate surface area is 103 Å². The number of hydrogen-bond donors (Lipinski definition) is 1. The molecule has 0 saturated heterocycles. The Bertz CT molecular complexity index is 294. The van der Waals surface area contributed by atoms with Gasteiger partial charge in [-0.1, -0.05) is 6.92 Å².